The van der Waals surface area contributed by atoms with Crippen LogP contribution in [0.1, 0.15) is 51.0 Å². The molecule has 1 unspecified atom stereocenters. The van der Waals surface area contributed by atoms with Crippen molar-refractivity contribution in [1.82, 2.24) is 14.8 Å². The number of nitrogens with zero attached hydrogens (tertiary/aromatic N) is 3. The van der Waals surface area contributed by atoms with Crippen molar-refractivity contribution in [2.24, 2.45) is 16.7 Å². The van der Waals surface area contributed by atoms with Gasteiger partial charge in [0.15, 0.2) is 0 Å². The Labute approximate surface area is 166 Å². The molecule has 0 radical (unpaired) electrons. The summed E-state index contributed by atoms with van der Waals surface area (Å²) in [6.45, 7) is 5.64. The van der Waals surface area contributed by atoms with E-state index >= 15 is 0 Å². The summed E-state index contributed by atoms with van der Waals surface area (Å²) in [5.41, 5.74) is 0.754. The summed E-state index contributed by atoms with van der Waals surface area (Å²) in [4.78, 5) is 33.4. The minimum absolute atomic E-state index is 0.195. The lowest BCUT2D eigenvalue weighted by molar-refractivity contribution is -0.148. The Morgan fingerprint density at radius 2 is 1.79 bits per heavy atom. The van der Waals surface area contributed by atoms with Gasteiger partial charge in [-0.3, -0.25) is 19.5 Å². The number of hydrogen-bond donors (Lipinski definition) is 1. The molecule has 0 bridgehead atoms. The Morgan fingerprint density at radius 3 is 2.39 bits per heavy atom. The molecule has 6 heteroatoms. The third-order valence-electron chi connectivity index (χ3n) is 7.44. The lowest BCUT2D eigenvalue weighted by Gasteiger charge is -2.43. The van der Waals surface area contributed by atoms with Gasteiger partial charge in [0, 0.05) is 55.9 Å². The summed E-state index contributed by atoms with van der Waals surface area (Å²) >= 11 is 0. The zero-order valence-corrected chi connectivity index (χ0v) is 16.8. The summed E-state index contributed by atoms with van der Waals surface area (Å²) in [6, 6.07) is 3.98. The molecule has 152 valence electrons. The summed E-state index contributed by atoms with van der Waals surface area (Å²) < 4.78 is 0. The Balaban J connectivity index is 1.43. The number of aliphatic carboxylic acids is 1. The number of pyridine rings is 1. The first-order valence-electron chi connectivity index (χ1n) is 10.6. The monoisotopic (exact) mass is 385 g/mol. The van der Waals surface area contributed by atoms with Crippen molar-refractivity contribution in [2.75, 3.05) is 26.2 Å². The lowest BCUT2D eigenvalue weighted by atomic mass is 9.70. The topological polar surface area (TPSA) is 73.7 Å². The third-order valence-corrected chi connectivity index (χ3v) is 7.44. The number of carbonyl (C=O) groups is 2. The highest BCUT2D eigenvalue weighted by atomic mass is 16.4. The molecule has 0 aromatic carbocycles. The first-order chi connectivity index (χ1) is 13.4. The van der Waals surface area contributed by atoms with E-state index in [1.54, 1.807) is 12.4 Å². The van der Waals surface area contributed by atoms with Crippen molar-refractivity contribution in [1.29, 1.82) is 0 Å². The highest BCUT2D eigenvalue weighted by Gasteiger charge is 2.52. The maximum Gasteiger partial charge on any atom is 0.308 e. The Kier molecular flexibility index (Phi) is 5.17. The maximum absolute atomic E-state index is 13.0. The average Bonchev–Trinajstić information content (AvgIpc) is 3.28. The predicted molar refractivity (Wildman–Crippen MR) is 105 cm³/mol. The first kappa shape index (κ1) is 19.4. The van der Waals surface area contributed by atoms with Crippen molar-refractivity contribution >= 4 is 11.9 Å². The molecular weight excluding hydrogens is 354 g/mol. The minimum Gasteiger partial charge on any atom is -0.481 e. The van der Waals surface area contributed by atoms with Crippen LogP contribution in [0.3, 0.4) is 0 Å². The molecule has 1 saturated carbocycles. The van der Waals surface area contributed by atoms with Crippen LogP contribution in [0.4, 0.5) is 0 Å². The van der Waals surface area contributed by atoms with Gasteiger partial charge in [0.1, 0.15) is 0 Å². The number of carboxylic acids is 1. The fraction of sp³-hybridized carbons (Fsp3) is 0.682. The normalized spacial score (nSPS) is 26.6. The van der Waals surface area contributed by atoms with Gasteiger partial charge in [-0.1, -0.05) is 19.8 Å². The van der Waals surface area contributed by atoms with Crippen molar-refractivity contribution < 1.29 is 14.7 Å². The average molecular weight is 386 g/mol. The highest BCUT2D eigenvalue weighted by molar-refractivity contribution is 5.82. The van der Waals surface area contributed by atoms with E-state index in [4.69, 9.17) is 0 Å². The molecular formula is C22H31N3O3. The summed E-state index contributed by atoms with van der Waals surface area (Å²) in [7, 11) is 0. The van der Waals surface area contributed by atoms with E-state index in [2.05, 4.69) is 16.8 Å². The number of hydrogen-bond acceptors (Lipinski definition) is 4. The van der Waals surface area contributed by atoms with Gasteiger partial charge in [-0.2, -0.15) is 0 Å². The van der Waals surface area contributed by atoms with Gasteiger partial charge in [-0.15, -0.1) is 0 Å². The largest absolute Gasteiger partial charge is 0.481 e. The SMILES string of the molecule is CC1(C(=O)N2CCC3(CC2)CN(Cc2ccncc2)CC3C(=O)O)CCCC1. The lowest BCUT2D eigenvalue weighted by Crippen LogP contribution is -2.51. The van der Waals surface area contributed by atoms with Gasteiger partial charge in [0.25, 0.3) is 0 Å². The van der Waals surface area contributed by atoms with Crippen molar-refractivity contribution in [3.63, 3.8) is 0 Å². The van der Waals surface area contributed by atoms with Gasteiger partial charge >= 0.3 is 5.97 Å². The van der Waals surface area contributed by atoms with E-state index in [1.165, 1.54) is 0 Å². The number of aromatic nitrogens is 1. The zero-order chi connectivity index (χ0) is 19.8. The van der Waals surface area contributed by atoms with Crippen LogP contribution in [0.15, 0.2) is 24.5 Å². The molecule has 2 saturated heterocycles. The fourth-order valence-electron chi connectivity index (χ4n) is 5.69. The molecule has 1 amide bonds. The van der Waals surface area contributed by atoms with Gasteiger partial charge in [0.05, 0.1) is 5.92 Å². The van der Waals surface area contributed by atoms with Gasteiger partial charge in [0.2, 0.25) is 5.91 Å². The fourth-order valence-corrected chi connectivity index (χ4v) is 5.69. The Morgan fingerprint density at radius 1 is 1.14 bits per heavy atom. The smallest absolute Gasteiger partial charge is 0.308 e. The van der Waals surface area contributed by atoms with E-state index < -0.39 is 5.97 Å². The highest BCUT2D eigenvalue weighted by Crippen LogP contribution is 2.47. The van der Waals surface area contributed by atoms with Gasteiger partial charge in [-0.25, -0.2) is 0 Å². The summed E-state index contributed by atoms with van der Waals surface area (Å²) in [5, 5.41) is 9.89. The van der Waals surface area contributed by atoms with Gasteiger partial charge in [-0.05, 0) is 43.4 Å². The molecule has 1 N–H and O–H groups in total. The number of likely N-dealkylation sites (tertiary alicyclic amines) is 2. The van der Waals surface area contributed by atoms with Crippen LogP contribution in [0.5, 0.6) is 0 Å². The molecule has 1 atom stereocenters. The molecule has 3 aliphatic rings. The third kappa shape index (κ3) is 3.54. The van der Waals surface area contributed by atoms with Crippen LogP contribution in [-0.2, 0) is 16.1 Å². The molecule has 3 fully saturated rings. The van der Waals surface area contributed by atoms with E-state index in [0.717, 1.165) is 57.2 Å². The molecule has 6 nitrogen and oxygen atoms in total. The van der Waals surface area contributed by atoms with Crippen LogP contribution in [0.25, 0.3) is 0 Å². The standard InChI is InChI=1S/C22H31N3O3/c1-21(6-2-3-7-21)20(28)25-12-8-22(9-13-25)16-24(15-18(22)19(26)27)14-17-4-10-23-11-5-17/h4-5,10-11,18H,2-3,6-9,12-16H2,1H3,(H,26,27). The maximum atomic E-state index is 13.0. The minimum atomic E-state index is -0.695. The van der Waals surface area contributed by atoms with Crippen LogP contribution in [-0.4, -0.2) is 57.9 Å². The van der Waals surface area contributed by atoms with Crippen LogP contribution >= 0.6 is 0 Å². The summed E-state index contributed by atoms with van der Waals surface area (Å²) in [5.74, 6) is -0.758. The van der Waals surface area contributed by atoms with Crippen molar-refractivity contribution in [3.8, 4) is 0 Å². The predicted octanol–water partition coefficient (Wildman–Crippen LogP) is 2.79. The zero-order valence-electron chi connectivity index (χ0n) is 16.8. The van der Waals surface area contributed by atoms with Crippen LogP contribution in [0.2, 0.25) is 0 Å². The van der Waals surface area contributed by atoms with E-state index in [9.17, 15) is 14.7 Å². The van der Waals surface area contributed by atoms with Gasteiger partial charge < -0.3 is 10.0 Å². The van der Waals surface area contributed by atoms with Crippen LogP contribution in [0, 0.1) is 16.7 Å². The van der Waals surface area contributed by atoms with Crippen LogP contribution < -0.4 is 0 Å². The quantitative estimate of drug-likeness (QED) is 0.863. The van der Waals surface area contributed by atoms with Crippen molar-refractivity contribution in [2.45, 2.75) is 52.0 Å². The number of carboxylic acid groups (broad SMARTS) is 1. The first-order valence-corrected chi connectivity index (χ1v) is 10.6. The Bertz CT molecular complexity index is 722. The number of piperidine rings is 1. The Hall–Kier alpha value is -1.95. The number of rotatable bonds is 4. The molecule has 28 heavy (non-hydrogen) atoms. The van der Waals surface area contributed by atoms with E-state index in [-0.39, 0.29) is 16.7 Å². The molecule has 2 aliphatic heterocycles. The number of carbonyl (C=O) groups excluding carboxylic acids is 1. The van der Waals surface area contributed by atoms with E-state index in [0.29, 0.717) is 25.5 Å². The second-order valence-electron chi connectivity index (χ2n) is 9.34. The van der Waals surface area contributed by atoms with Crippen molar-refractivity contribution in [3.05, 3.63) is 30.1 Å². The molecule has 3 heterocycles. The second kappa shape index (κ2) is 7.47. The number of amides is 1. The summed E-state index contributed by atoms with van der Waals surface area (Å²) in [6.07, 6.45) is 9.41. The molecule has 1 spiro atoms. The molecule has 1 aliphatic carbocycles. The second-order valence-corrected chi connectivity index (χ2v) is 9.34. The molecule has 1 aromatic rings. The molecule has 1 aromatic heterocycles. The van der Waals surface area contributed by atoms with E-state index in [1.807, 2.05) is 17.0 Å². The molecule has 4 rings (SSSR count).